The first-order valence-electron chi connectivity index (χ1n) is 8.03. The molecule has 6 nitrogen and oxygen atoms in total. The van der Waals surface area contributed by atoms with Gasteiger partial charge in [0.2, 0.25) is 0 Å². The van der Waals surface area contributed by atoms with Crippen molar-refractivity contribution in [1.82, 2.24) is 20.3 Å². The van der Waals surface area contributed by atoms with Crippen LogP contribution < -0.4 is 5.32 Å². The van der Waals surface area contributed by atoms with Crippen LogP contribution in [0.2, 0.25) is 0 Å². The normalized spacial score (nSPS) is 13.9. The van der Waals surface area contributed by atoms with Gasteiger partial charge in [-0.05, 0) is 55.5 Å². The maximum absolute atomic E-state index is 12.3. The minimum atomic E-state index is -0.133. The standard InChI is InChI=1S/C16H21BrN4O2/c1-10-14(17)11(2)21(19-10)9-5-8-18-16(22)15-12-6-3-4-7-13(12)23-20-15/h3-9H2,1-2H3,(H,18,22). The lowest BCUT2D eigenvalue weighted by Crippen LogP contribution is -2.27. The van der Waals surface area contributed by atoms with Crippen LogP contribution in [0.4, 0.5) is 0 Å². The third-order valence-electron chi connectivity index (χ3n) is 4.29. The SMILES string of the molecule is Cc1nn(CCCNC(=O)c2noc3c2CCCC3)c(C)c1Br. The molecule has 23 heavy (non-hydrogen) atoms. The van der Waals surface area contributed by atoms with Gasteiger partial charge >= 0.3 is 0 Å². The highest BCUT2D eigenvalue weighted by atomic mass is 79.9. The number of hydrogen-bond donors (Lipinski definition) is 1. The van der Waals surface area contributed by atoms with Gasteiger partial charge in [-0.2, -0.15) is 5.10 Å². The maximum Gasteiger partial charge on any atom is 0.273 e. The molecule has 1 amide bonds. The van der Waals surface area contributed by atoms with Gasteiger partial charge in [0.25, 0.3) is 5.91 Å². The summed E-state index contributed by atoms with van der Waals surface area (Å²) in [5, 5.41) is 11.3. The molecule has 0 aliphatic heterocycles. The molecule has 0 spiro atoms. The summed E-state index contributed by atoms with van der Waals surface area (Å²) in [4.78, 5) is 12.3. The van der Waals surface area contributed by atoms with Gasteiger partial charge in [-0.25, -0.2) is 0 Å². The molecule has 0 bridgehead atoms. The summed E-state index contributed by atoms with van der Waals surface area (Å²) in [5.74, 6) is 0.750. The van der Waals surface area contributed by atoms with E-state index in [2.05, 4.69) is 31.5 Å². The monoisotopic (exact) mass is 380 g/mol. The lowest BCUT2D eigenvalue weighted by atomic mass is 9.96. The van der Waals surface area contributed by atoms with Crippen LogP contribution in [0.25, 0.3) is 0 Å². The topological polar surface area (TPSA) is 73.0 Å². The molecule has 3 rings (SSSR count). The summed E-state index contributed by atoms with van der Waals surface area (Å²) in [6.07, 6.45) is 4.81. The Labute approximate surface area is 143 Å². The van der Waals surface area contributed by atoms with Crippen LogP contribution >= 0.6 is 15.9 Å². The van der Waals surface area contributed by atoms with E-state index in [9.17, 15) is 4.79 Å². The first-order chi connectivity index (χ1) is 11.1. The first-order valence-corrected chi connectivity index (χ1v) is 8.82. The zero-order valence-electron chi connectivity index (χ0n) is 13.5. The number of fused-ring (bicyclic) bond motifs is 1. The van der Waals surface area contributed by atoms with Gasteiger partial charge in [-0.3, -0.25) is 9.48 Å². The van der Waals surface area contributed by atoms with Crippen molar-refractivity contribution in [3.8, 4) is 0 Å². The quantitative estimate of drug-likeness (QED) is 0.809. The van der Waals surface area contributed by atoms with E-state index in [4.69, 9.17) is 4.52 Å². The third-order valence-corrected chi connectivity index (χ3v) is 5.44. The fraction of sp³-hybridized carbons (Fsp3) is 0.562. The highest BCUT2D eigenvalue weighted by molar-refractivity contribution is 9.10. The lowest BCUT2D eigenvalue weighted by Gasteiger charge is -2.09. The molecule has 2 heterocycles. The molecule has 2 aromatic heterocycles. The molecular weight excluding hydrogens is 360 g/mol. The van der Waals surface area contributed by atoms with Crippen LogP contribution in [0.5, 0.6) is 0 Å². The summed E-state index contributed by atoms with van der Waals surface area (Å²) in [7, 11) is 0. The van der Waals surface area contributed by atoms with Crippen molar-refractivity contribution >= 4 is 21.8 Å². The number of carbonyl (C=O) groups excluding carboxylic acids is 1. The van der Waals surface area contributed by atoms with Gasteiger partial charge in [0.05, 0.1) is 10.2 Å². The van der Waals surface area contributed by atoms with Crippen molar-refractivity contribution in [1.29, 1.82) is 0 Å². The minimum Gasteiger partial charge on any atom is -0.360 e. The van der Waals surface area contributed by atoms with E-state index in [-0.39, 0.29) is 5.91 Å². The largest absolute Gasteiger partial charge is 0.360 e. The smallest absolute Gasteiger partial charge is 0.273 e. The second kappa shape index (κ2) is 6.86. The number of hydrogen-bond acceptors (Lipinski definition) is 4. The van der Waals surface area contributed by atoms with E-state index in [1.54, 1.807) is 0 Å². The molecule has 0 saturated carbocycles. The Morgan fingerprint density at radius 1 is 1.35 bits per heavy atom. The van der Waals surface area contributed by atoms with Crippen LogP contribution in [0.15, 0.2) is 9.00 Å². The van der Waals surface area contributed by atoms with Gasteiger partial charge in [-0.15, -0.1) is 0 Å². The zero-order chi connectivity index (χ0) is 16.4. The number of halogens is 1. The van der Waals surface area contributed by atoms with Crippen molar-refractivity contribution in [2.45, 2.75) is 52.5 Å². The number of nitrogens with zero attached hydrogens (tertiary/aromatic N) is 3. The summed E-state index contributed by atoms with van der Waals surface area (Å²) >= 11 is 3.52. The van der Waals surface area contributed by atoms with Crippen LogP contribution in [0.3, 0.4) is 0 Å². The summed E-state index contributed by atoms with van der Waals surface area (Å²) in [6.45, 7) is 5.37. The summed E-state index contributed by atoms with van der Waals surface area (Å²) < 4.78 is 8.30. The Bertz CT molecular complexity index is 720. The lowest BCUT2D eigenvalue weighted by molar-refractivity contribution is 0.0942. The summed E-state index contributed by atoms with van der Waals surface area (Å²) in [5.41, 5.74) is 3.56. The van der Waals surface area contributed by atoms with Crippen LogP contribution in [-0.2, 0) is 19.4 Å². The molecule has 0 atom stereocenters. The van der Waals surface area contributed by atoms with E-state index in [0.717, 1.165) is 65.8 Å². The molecule has 1 aliphatic carbocycles. The molecular formula is C16H21BrN4O2. The number of nitrogens with one attached hydrogen (secondary N) is 1. The Morgan fingerprint density at radius 2 is 2.13 bits per heavy atom. The van der Waals surface area contributed by atoms with Gasteiger partial charge in [0.1, 0.15) is 5.76 Å². The van der Waals surface area contributed by atoms with Crippen molar-refractivity contribution in [2.24, 2.45) is 0 Å². The Morgan fingerprint density at radius 3 is 2.87 bits per heavy atom. The maximum atomic E-state index is 12.3. The number of aromatic nitrogens is 3. The minimum absolute atomic E-state index is 0.133. The molecule has 1 aliphatic rings. The van der Waals surface area contributed by atoms with Crippen molar-refractivity contribution in [3.05, 3.63) is 32.9 Å². The van der Waals surface area contributed by atoms with E-state index in [1.807, 2.05) is 18.5 Å². The Balaban J connectivity index is 1.52. The summed E-state index contributed by atoms with van der Waals surface area (Å²) in [6, 6.07) is 0. The van der Waals surface area contributed by atoms with E-state index in [0.29, 0.717) is 12.2 Å². The highest BCUT2D eigenvalue weighted by Gasteiger charge is 2.23. The third kappa shape index (κ3) is 3.34. The van der Waals surface area contributed by atoms with Gasteiger partial charge in [0, 0.05) is 30.8 Å². The van der Waals surface area contributed by atoms with Gasteiger partial charge in [-0.1, -0.05) is 5.16 Å². The van der Waals surface area contributed by atoms with E-state index >= 15 is 0 Å². The fourth-order valence-corrected chi connectivity index (χ4v) is 3.25. The number of aryl methyl sites for hydroxylation is 3. The van der Waals surface area contributed by atoms with Gasteiger partial charge < -0.3 is 9.84 Å². The second-order valence-electron chi connectivity index (χ2n) is 5.96. The van der Waals surface area contributed by atoms with Crippen molar-refractivity contribution < 1.29 is 9.32 Å². The molecule has 1 N–H and O–H groups in total. The Kier molecular flexibility index (Phi) is 4.84. The van der Waals surface area contributed by atoms with E-state index in [1.165, 1.54) is 0 Å². The van der Waals surface area contributed by atoms with Gasteiger partial charge in [0.15, 0.2) is 5.69 Å². The highest BCUT2D eigenvalue weighted by Crippen LogP contribution is 2.24. The number of carbonyl (C=O) groups is 1. The number of amides is 1. The molecule has 0 unspecified atom stereocenters. The molecule has 124 valence electrons. The second-order valence-corrected chi connectivity index (χ2v) is 6.75. The first kappa shape index (κ1) is 16.2. The predicted molar refractivity (Wildman–Crippen MR) is 89.5 cm³/mol. The molecule has 0 fully saturated rings. The molecule has 2 aromatic rings. The van der Waals surface area contributed by atoms with Crippen molar-refractivity contribution in [3.63, 3.8) is 0 Å². The average molecular weight is 381 g/mol. The fourth-order valence-electron chi connectivity index (χ4n) is 2.97. The Hall–Kier alpha value is -1.63. The predicted octanol–water partition coefficient (Wildman–Crippen LogP) is 2.95. The average Bonchev–Trinajstić information content (AvgIpc) is 3.09. The van der Waals surface area contributed by atoms with E-state index < -0.39 is 0 Å². The molecule has 0 saturated heterocycles. The zero-order valence-corrected chi connectivity index (χ0v) is 15.1. The molecule has 0 aromatic carbocycles. The molecule has 0 radical (unpaired) electrons. The van der Waals surface area contributed by atoms with Crippen LogP contribution in [-0.4, -0.2) is 27.4 Å². The van der Waals surface area contributed by atoms with Crippen LogP contribution in [0, 0.1) is 13.8 Å². The van der Waals surface area contributed by atoms with Crippen LogP contribution in [0.1, 0.15) is 52.5 Å². The van der Waals surface area contributed by atoms with Crippen molar-refractivity contribution in [2.75, 3.05) is 6.54 Å². The molecule has 7 heteroatoms. The number of rotatable bonds is 5.